The van der Waals surface area contributed by atoms with Gasteiger partial charge in [0, 0.05) is 19.2 Å². The second kappa shape index (κ2) is 5.61. The monoisotopic (exact) mass is 228 g/mol. The van der Waals surface area contributed by atoms with Crippen LogP contribution in [0.15, 0.2) is 0 Å². The summed E-state index contributed by atoms with van der Waals surface area (Å²) in [6.45, 7) is 2.34. The minimum Gasteiger partial charge on any atom is -0.379 e. The Morgan fingerprint density at radius 2 is 2.25 bits per heavy atom. The van der Waals surface area contributed by atoms with E-state index in [1.165, 1.54) is 6.42 Å². The molecule has 2 fully saturated rings. The van der Waals surface area contributed by atoms with Crippen molar-refractivity contribution in [2.24, 2.45) is 11.7 Å². The zero-order valence-corrected chi connectivity index (χ0v) is 9.48. The Kier molecular flexibility index (Phi) is 4.15. The molecule has 2 rings (SSSR count). The molecule has 3 atom stereocenters. The largest absolute Gasteiger partial charge is 0.379 e. The lowest BCUT2D eigenvalue weighted by Gasteiger charge is -2.23. The molecule has 0 spiro atoms. The number of ether oxygens (including phenoxy) is 2. The fourth-order valence-corrected chi connectivity index (χ4v) is 2.15. The maximum atomic E-state index is 11.8. The van der Waals surface area contributed by atoms with Crippen molar-refractivity contribution < 1.29 is 14.3 Å². The lowest BCUT2D eigenvalue weighted by atomic mass is 10.0. The Bertz CT molecular complexity index is 241. The lowest BCUT2D eigenvalue weighted by Crippen LogP contribution is -2.44. The fourth-order valence-electron chi connectivity index (χ4n) is 2.15. The first kappa shape index (κ1) is 11.8. The summed E-state index contributed by atoms with van der Waals surface area (Å²) in [5, 5.41) is 2.90. The van der Waals surface area contributed by atoms with Crippen LogP contribution in [0.1, 0.15) is 19.3 Å². The average Bonchev–Trinajstić information content (AvgIpc) is 2.74. The molecule has 92 valence electrons. The van der Waals surface area contributed by atoms with E-state index in [0.29, 0.717) is 19.8 Å². The van der Waals surface area contributed by atoms with Gasteiger partial charge in [0.2, 0.25) is 5.91 Å². The van der Waals surface area contributed by atoms with Crippen LogP contribution in [0.5, 0.6) is 0 Å². The molecular formula is C11H20N2O3. The van der Waals surface area contributed by atoms with E-state index in [2.05, 4.69) is 5.32 Å². The van der Waals surface area contributed by atoms with Gasteiger partial charge in [0.05, 0.1) is 25.2 Å². The highest BCUT2D eigenvalue weighted by atomic mass is 16.5. The molecule has 0 aromatic heterocycles. The van der Waals surface area contributed by atoms with Crippen molar-refractivity contribution >= 4 is 5.91 Å². The van der Waals surface area contributed by atoms with Gasteiger partial charge < -0.3 is 20.5 Å². The first-order valence-corrected chi connectivity index (χ1v) is 6.00. The summed E-state index contributed by atoms with van der Waals surface area (Å²) in [4.78, 5) is 11.8. The molecular weight excluding hydrogens is 208 g/mol. The number of hydrogen-bond donors (Lipinski definition) is 2. The molecule has 3 N–H and O–H groups in total. The van der Waals surface area contributed by atoms with Gasteiger partial charge in [0.25, 0.3) is 0 Å². The lowest BCUT2D eigenvalue weighted by molar-refractivity contribution is -0.126. The van der Waals surface area contributed by atoms with Crippen molar-refractivity contribution in [3.8, 4) is 0 Å². The molecule has 0 aromatic rings. The van der Waals surface area contributed by atoms with Crippen molar-refractivity contribution in [1.29, 1.82) is 0 Å². The molecule has 16 heavy (non-hydrogen) atoms. The number of carbonyl (C=O) groups excluding carboxylic acids is 1. The van der Waals surface area contributed by atoms with Crippen LogP contribution in [0, 0.1) is 5.92 Å². The molecule has 1 amide bonds. The van der Waals surface area contributed by atoms with Gasteiger partial charge in [-0.2, -0.15) is 0 Å². The number of nitrogens with two attached hydrogens (primary N) is 1. The Hall–Kier alpha value is -0.650. The minimum atomic E-state index is -0.191. The van der Waals surface area contributed by atoms with Crippen LogP contribution in [0.2, 0.25) is 0 Å². The molecule has 2 saturated heterocycles. The quantitative estimate of drug-likeness (QED) is 0.692. The van der Waals surface area contributed by atoms with Crippen molar-refractivity contribution in [2.45, 2.75) is 31.4 Å². The van der Waals surface area contributed by atoms with Gasteiger partial charge in [-0.25, -0.2) is 0 Å². The van der Waals surface area contributed by atoms with Gasteiger partial charge >= 0.3 is 0 Å². The minimum absolute atomic E-state index is 0.000765. The molecule has 5 heteroatoms. The van der Waals surface area contributed by atoms with Gasteiger partial charge in [0.1, 0.15) is 0 Å². The van der Waals surface area contributed by atoms with E-state index in [1.54, 1.807) is 0 Å². The summed E-state index contributed by atoms with van der Waals surface area (Å²) in [6, 6.07) is -0.160. The Labute approximate surface area is 95.7 Å². The topological polar surface area (TPSA) is 73.6 Å². The Morgan fingerprint density at radius 3 is 2.88 bits per heavy atom. The number of carbonyl (C=O) groups is 1. The third-order valence-electron chi connectivity index (χ3n) is 3.24. The molecule has 0 aromatic carbocycles. The van der Waals surface area contributed by atoms with Crippen LogP contribution in [0.4, 0.5) is 0 Å². The molecule has 0 saturated carbocycles. The van der Waals surface area contributed by atoms with Crippen LogP contribution in [-0.4, -0.2) is 44.4 Å². The molecule has 2 heterocycles. The van der Waals surface area contributed by atoms with Crippen LogP contribution in [-0.2, 0) is 14.3 Å². The van der Waals surface area contributed by atoms with Crippen molar-refractivity contribution in [3.05, 3.63) is 0 Å². The van der Waals surface area contributed by atoms with E-state index < -0.39 is 0 Å². The summed E-state index contributed by atoms with van der Waals surface area (Å²) in [5.74, 6) is -0.192. The molecule has 3 unspecified atom stereocenters. The highest BCUT2D eigenvalue weighted by Gasteiger charge is 2.31. The SMILES string of the molecule is NC1COCC1C(=O)NCC1CCCCO1. The van der Waals surface area contributed by atoms with Crippen molar-refractivity contribution in [3.63, 3.8) is 0 Å². The van der Waals surface area contributed by atoms with Crippen LogP contribution >= 0.6 is 0 Å². The number of nitrogens with one attached hydrogen (secondary N) is 1. The summed E-state index contributed by atoms with van der Waals surface area (Å²) < 4.78 is 10.7. The van der Waals surface area contributed by atoms with Gasteiger partial charge in [-0.3, -0.25) is 4.79 Å². The molecule has 2 aliphatic heterocycles. The van der Waals surface area contributed by atoms with E-state index in [1.807, 2.05) is 0 Å². The normalized spacial score (nSPS) is 34.9. The zero-order valence-electron chi connectivity index (χ0n) is 9.48. The summed E-state index contributed by atoms with van der Waals surface area (Å²) in [5.41, 5.74) is 5.77. The maximum Gasteiger partial charge on any atom is 0.227 e. The second-order valence-corrected chi connectivity index (χ2v) is 4.54. The van der Waals surface area contributed by atoms with E-state index in [4.69, 9.17) is 15.2 Å². The van der Waals surface area contributed by atoms with Gasteiger partial charge in [-0.05, 0) is 19.3 Å². The third-order valence-corrected chi connectivity index (χ3v) is 3.24. The maximum absolute atomic E-state index is 11.8. The van der Waals surface area contributed by atoms with Crippen LogP contribution in [0.3, 0.4) is 0 Å². The number of hydrogen-bond acceptors (Lipinski definition) is 4. The Morgan fingerprint density at radius 1 is 1.38 bits per heavy atom. The summed E-state index contributed by atoms with van der Waals surface area (Å²) in [6.07, 6.45) is 3.53. The smallest absolute Gasteiger partial charge is 0.227 e. The number of amides is 1. The third kappa shape index (κ3) is 2.93. The average molecular weight is 228 g/mol. The standard InChI is InChI=1S/C11H20N2O3/c12-10-7-15-6-9(10)11(14)13-5-8-3-1-2-4-16-8/h8-10H,1-7,12H2,(H,13,14). The first-order chi connectivity index (χ1) is 7.77. The van der Waals surface area contributed by atoms with Crippen LogP contribution < -0.4 is 11.1 Å². The predicted octanol–water partition coefficient (Wildman–Crippen LogP) is -0.355. The second-order valence-electron chi connectivity index (χ2n) is 4.54. The van der Waals surface area contributed by atoms with E-state index in [0.717, 1.165) is 19.4 Å². The van der Waals surface area contributed by atoms with Gasteiger partial charge in [-0.1, -0.05) is 0 Å². The summed E-state index contributed by atoms with van der Waals surface area (Å²) >= 11 is 0. The molecule has 0 bridgehead atoms. The van der Waals surface area contributed by atoms with E-state index >= 15 is 0 Å². The van der Waals surface area contributed by atoms with E-state index in [-0.39, 0.29) is 24.0 Å². The van der Waals surface area contributed by atoms with Crippen molar-refractivity contribution in [1.82, 2.24) is 5.32 Å². The highest BCUT2D eigenvalue weighted by molar-refractivity contribution is 5.79. The predicted molar refractivity (Wildman–Crippen MR) is 58.9 cm³/mol. The first-order valence-electron chi connectivity index (χ1n) is 6.00. The van der Waals surface area contributed by atoms with Gasteiger partial charge in [0.15, 0.2) is 0 Å². The fraction of sp³-hybridized carbons (Fsp3) is 0.909. The molecule has 2 aliphatic rings. The molecule has 0 radical (unpaired) electrons. The number of rotatable bonds is 3. The van der Waals surface area contributed by atoms with Crippen LogP contribution in [0.25, 0.3) is 0 Å². The van der Waals surface area contributed by atoms with E-state index in [9.17, 15) is 4.79 Å². The van der Waals surface area contributed by atoms with Crippen molar-refractivity contribution in [2.75, 3.05) is 26.4 Å². The van der Waals surface area contributed by atoms with Gasteiger partial charge in [-0.15, -0.1) is 0 Å². The molecule has 5 nitrogen and oxygen atoms in total. The Balaban J connectivity index is 1.70. The zero-order chi connectivity index (χ0) is 11.4. The highest BCUT2D eigenvalue weighted by Crippen LogP contribution is 2.14. The molecule has 0 aliphatic carbocycles. The summed E-state index contributed by atoms with van der Waals surface area (Å²) in [7, 11) is 0.